The van der Waals surface area contributed by atoms with E-state index in [1.807, 2.05) is 49.4 Å². The number of hydrogen-bond acceptors (Lipinski definition) is 5. The Hall–Kier alpha value is -3.06. The molecule has 2 heterocycles. The number of amides is 1. The molecule has 2 atom stereocenters. The fourth-order valence-corrected chi connectivity index (χ4v) is 4.66. The van der Waals surface area contributed by atoms with Gasteiger partial charge in [-0.05, 0) is 36.6 Å². The number of piperazine rings is 1. The minimum atomic E-state index is -0.257. The molecule has 1 aromatic heterocycles. The van der Waals surface area contributed by atoms with Gasteiger partial charge in [-0.15, -0.1) is 0 Å². The van der Waals surface area contributed by atoms with Crippen molar-refractivity contribution in [3.05, 3.63) is 95.2 Å². The van der Waals surface area contributed by atoms with Crippen LogP contribution in [0.3, 0.4) is 0 Å². The lowest BCUT2D eigenvalue weighted by Gasteiger charge is -2.39. The first kappa shape index (κ1) is 25.0. The number of aromatic nitrogens is 1. The molecule has 1 amide bonds. The maximum absolute atomic E-state index is 13.0. The van der Waals surface area contributed by atoms with Gasteiger partial charge >= 0.3 is 0 Å². The van der Waals surface area contributed by atoms with Crippen LogP contribution in [0.2, 0.25) is 0 Å². The van der Waals surface area contributed by atoms with Crippen LogP contribution in [0.4, 0.5) is 5.82 Å². The Morgan fingerprint density at radius 1 is 0.943 bits per heavy atom. The van der Waals surface area contributed by atoms with Crippen LogP contribution in [-0.4, -0.2) is 67.1 Å². The third-order valence-corrected chi connectivity index (χ3v) is 6.84. The fourth-order valence-electron chi connectivity index (χ4n) is 4.66. The van der Waals surface area contributed by atoms with E-state index >= 15 is 0 Å². The summed E-state index contributed by atoms with van der Waals surface area (Å²) in [5, 5.41) is 3.06. The van der Waals surface area contributed by atoms with Crippen molar-refractivity contribution in [2.45, 2.75) is 25.8 Å². The van der Waals surface area contributed by atoms with Gasteiger partial charge in [-0.25, -0.2) is 4.98 Å². The summed E-state index contributed by atoms with van der Waals surface area (Å²) in [5.41, 5.74) is 4.32. The van der Waals surface area contributed by atoms with Crippen LogP contribution in [0.1, 0.15) is 41.3 Å². The lowest BCUT2D eigenvalue weighted by atomic mass is 9.97. The zero-order chi connectivity index (χ0) is 24.6. The first-order valence-electron chi connectivity index (χ1n) is 12.4. The van der Waals surface area contributed by atoms with E-state index in [2.05, 4.69) is 52.4 Å². The topological polar surface area (TPSA) is 57.7 Å². The predicted molar refractivity (Wildman–Crippen MR) is 141 cm³/mol. The predicted octanol–water partition coefficient (Wildman–Crippen LogP) is 4.49. The summed E-state index contributed by atoms with van der Waals surface area (Å²) in [4.78, 5) is 23.0. The average Bonchev–Trinajstić information content (AvgIpc) is 2.90. The highest BCUT2D eigenvalue weighted by Crippen LogP contribution is 2.31. The normalized spacial score (nSPS) is 16.5. The molecule has 35 heavy (non-hydrogen) atoms. The SMILES string of the molecule is COCCN1CCN(C(c2ccccc2)c2nc(NC(=O)[C@H](C)c3ccccc3)ccc2C)CC1. The number of anilines is 1. The Morgan fingerprint density at radius 2 is 1.57 bits per heavy atom. The van der Waals surface area contributed by atoms with Gasteiger partial charge in [0.1, 0.15) is 5.82 Å². The standard InChI is InChI=1S/C29H36N4O2/c1-22-14-15-26(31-29(34)23(2)24-10-6-4-7-11-24)30-27(22)28(25-12-8-5-9-13-25)33-18-16-32(17-19-33)20-21-35-3/h4-15,23,28H,16-21H2,1-3H3,(H,30,31,34)/t23-,28?/m1/s1. The molecule has 0 spiro atoms. The van der Waals surface area contributed by atoms with Gasteiger partial charge < -0.3 is 10.1 Å². The molecule has 0 radical (unpaired) electrons. The second kappa shape index (κ2) is 12.1. The van der Waals surface area contributed by atoms with E-state index in [1.54, 1.807) is 7.11 Å². The van der Waals surface area contributed by atoms with Crippen molar-refractivity contribution in [1.82, 2.24) is 14.8 Å². The van der Waals surface area contributed by atoms with Crippen molar-refractivity contribution in [2.75, 3.05) is 51.8 Å². The van der Waals surface area contributed by atoms with Crippen LogP contribution in [0, 0.1) is 6.92 Å². The number of nitrogens with zero attached hydrogens (tertiary/aromatic N) is 3. The molecular weight excluding hydrogens is 436 g/mol. The highest BCUT2D eigenvalue weighted by Gasteiger charge is 2.29. The Kier molecular flexibility index (Phi) is 8.64. The molecule has 1 unspecified atom stereocenters. The number of carbonyl (C=O) groups is 1. The number of rotatable bonds is 9. The largest absolute Gasteiger partial charge is 0.383 e. The molecule has 1 N–H and O–H groups in total. The van der Waals surface area contributed by atoms with Gasteiger partial charge in [-0.3, -0.25) is 14.6 Å². The minimum absolute atomic E-state index is 0.0316. The molecule has 1 aliphatic rings. The summed E-state index contributed by atoms with van der Waals surface area (Å²) >= 11 is 0. The molecule has 0 saturated carbocycles. The number of aryl methyl sites for hydroxylation is 1. The zero-order valence-corrected chi connectivity index (χ0v) is 21.0. The third kappa shape index (κ3) is 6.34. The van der Waals surface area contributed by atoms with Gasteiger partial charge in [0.15, 0.2) is 0 Å². The van der Waals surface area contributed by atoms with E-state index in [4.69, 9.17) is 9.72 Å². The fraction of sp³-hybridized carbons (Fsp3) is 0.379. The van der Waals surface area contributed by atoms with Gasteiger partial charge in [-0.2, -0.15) is 0 Å². The molecule has 0 aliphatic carbocycles. The summed E-state index contributed by atoms with van der Waals surface area (Å²) in [6.07, 6.45) is 0. The minimum Gasteiger partial charge on any atom is -0.383 e. The summed E-state index contributed by atoms with van der Waals surface area (Å²) in [6.45, 7) is 9.64. The van der Waals surface area contributed by atoms with E-state index < -0.39 is 0 Å². The molecule has 6 heteroatoms. The number of carbonyl (C=O) groups excluding carboxylic acids is 1. The van der Waals surface area contributed by atoms with Crippen molar-refractivity contribution in [3.63, 3.8) is 0 Å². The Labute approximate surface area is 208 Å². The van der Waals surface area contributed by atoms with Crippen LogP contribution < -0.4 is 5.32 Å². The number of pyridine rings is 1. The van der Waals surface area contributed by atoms with Gasteiger partial charge in [0.05, 0.1) is 24.3 Å². The Morgan fingerprint density at radius 3 is 2.20 bits per heavy atom. The quantitative estimate of drug-likeness (QED) is 0.497. The van der Waals surface area contributed by atoms with E-state index in [9.17, 15) is 4.79 Å². The van der Waals surface area contributed by atoms with Crippen LogP contribution in [0.5, 0.6) is 0 Å². The average molecular weight is 473 g/mol. The maximum atomic E-state index is 13.0. The van der Waals surface area contributed by atoms with Crippen LogP contribution in [0.25, 0.3) is 0 Å². The molecule has 0 bridgehead atoms. The number of methoxy groups -OCH3 is 1. The van der Waals surface area contributed by atoms with Gasteiger partial charge in [-0.1, -0.05) is 66.7 Å². The molecule has 1 aliphatic heterocycles. The van der Waals surface area contributed by atoms with Gasteiger partial charge in [0.2, 0.25) is 5.91 Å². The maximum Gasteiger partial charge on any atom is 0.232 e. The van der Waals surface area contributed by atoms with Crippen molar-refractivity contribution < 1.29 is 9.53 Å². The smallest absolute Gasteiger partial charge is 0.232 e. The van der Waals surface area contributed by atoms with Gasteiger partial charge in [0, 0.05) is 39.8 Å². The van der Waals surface area contributed by atoms with E-state index in [0.29, 0.717) is 5.82 Å². The first-order chi connectivity index (χ1) is 17.1. The van der Waals surface area contributed by atoms with Crippen LogP contribution >= 0.6 is 0 Å². The van der Waals surface area contributed by atoms with Crippen molar-refractivity contribution in [3.8, 4) is 0 Å². The Balaban J connectivity index is 1.57. The lowest BCUT2D eigenvalue weighted by Crippen LogP contribution is -2.48. The number of ether oxygens (including phenoxy) is 1. The summed E-state index contributed by atoms with van der Waals surface area (Å²) in [5.74, 6) is 0.285. The second-order valence-electron chi connectivity index (χ2n) is 9.20. The summed E-state index contributed by atoms with van der Waals surface area (Å²) in [7, 11) is 1.75. The monoisotopic (exact) mass is 472 g/mol. The highest BCUT2D eigenvalue weighted by molar-refractivity contribution is 5.94. The number of hydrogen-bond donors (Lipinski definition) is 1. The number of nitrogens with one attached hydrogen (secondary N) is 1. The molecule has 6 nitrogen and oxygen atoms in total. The lowest BCUT2D eigenvalue weighted by molar-refractivity contribution is -0.117. The van der Waals surface area contributed by atoms with E-state index in [0.717, 1.165) is 56.2 Å². The van der Waals surface area contributed by atoms with Crippen molar-refractivity contribution in [1.29, 1.82) is 0 Å². The highest BCUT2D eigenvalue weighted by atomic mass is 16.5. The Bertz CT molecular complexity index is 1080. The molecule has 3 aromatic rings. The van der Waals surface area contributed by atoms with E-state index in [-0.39, 0.29) is 17.9 Å². The van der Waals surface area contributed by atoms with Crippen LogP contribution in [0.15, 0.2) is 72.8 Å². The van der Waals surface area contributed by atoms with Crippen molar-refractivity contribution in [2.24, 2.45) is 0 Å². The molecular formula is C29H36N4O2. The summed E-state index contributed by atoms with van der Waals surface area (Å²) in [6, 6.07) is 24.4. The molecule has 1 fully saturated rings. The van der Waals surface area contributed by atoms with E-state index in [1.165, 1.54) is 5.56 Å². The molecule has 184 valence electrons. The first-order valence-corrected chi connectivity index (χ1v) is 12.4. The molecule has 4 rings (SSSR count). The summed E-state index contributed by atoms with van der Waals surface area (Å²) < 4.78 is 5.26. The molecule has 2 aromatic carbocycles. The number of benzene rings is 2. The van der Waals surface area contributed by atoms with Gasteiger partial charge in [0.25, 0.3) is 0 Å². The second-order valence-corrected chi connectivity index (χ2v) is 9.20. The van der Waals surface area contributed by atoms with Crippen molar-refractivity contribution >= 4 is 11.7 Å². The van der Waals surface area contributed by atoms with Crippen LogP contribution in [-0.2, 0) is 9.53 Å². The zero-order valence-electron chi connectivity index (χ0n) is 21.0. The third-order valence-electron chi connectivity index (χ3n) is 6.84. The molecule has 1 saturated heterocycles.